The van der Waals surface area contributed by atoms with Gasteiger partial charge in [0.15, 0.2) is 0 Å². The number of rotatable bonds is 5. The van der Waals surface area contributed by atoms with Crippen LogP contribution in [0.4, 0.5) is 12.7 Å². The fraction of sp³-hybridized carbons (Fsp3) is 0.250. The van der Waals surface area contributed by atoms with Crippen LogP contribution in [-0.2, 0) is 20.2 Å². The monoisotopic (exact) mass is 303 g/mol. The Kier molecular flexibility index (Phi) is 4.35. The average molecular weight is 303 g/mol. The SMILES string of the molecule is O=S(=O)(F)c1ccc(S(=O)(=O)NCC(F)F)cc1. The maximum atomic E-state index is 12.5. The minimum atomic E-state index is -4.93. The smallest absolute Gasteiger partial charge is 0.209 e. The first-order valence-electron chi connectivity index (χ1n) is 4.45. The van der Waals surface area contributed by atoms with Gasteiger partial charge in [0.05, 0.1) is 16.3 Å². The Bertz CT molecular complexity index is 610. The summed E-state index contributed by atoms with van der Waals surface area (Å²) < 4.78 is 81.6. The number of sulfonamides is 1. The zero-order chi connectivity index (χ0) is 14.0. The van der Waals surface area contributed by atoms with Crippen LogP contribution in [-0.4, -0.2) is 29.8 Å². The van der Waals surface area contributed by atoms with Crippen LogP contribution in [0.3, 0.4) is 0 Å². The molecule has 1 rings (SSSR count). The molecule has 0 aliphatic rings. The lowest BCUT2D eigenvalue weighted by atomic mass is 10.4. The summed E-state index contributed by atoms with van der Waals surface area (Å²) in [6.07, 6.45) is -2.86. The molecule has 5 nitrogen and oxygen atoms in total. The van der Waals surface area contributed by atoms with Crippen LogP contribution in [0, 0.1) is 0 Å². The maximum Gasteiger partial charge on any atom is 0.332 e. The minimum absolute atomic E-state index is 0.435. The van der Waals surface area contributed by atoms with Gasteiger partial charge in [0.2, 0.25) is 10.0 Å². The molecule has 0 atom stereocenters. The van der Waals surface area contributed by atoms with Crippen LogP contribution in [0.1, 0.15) is 0 Å². The zero-order valence-corrected chi connectivity index (χ0v) is 10.3. The molecule has 0 spiro atoms. The van der Waals surface area contributed by atoms with Crippen molar-refractivity contribution in [2.75, 3.05) is 6.54 Å². The van der Waals surface area contributed by atoms with E-state index in [-0.39, 0.29) is 0 Å². The molecule has 0 radical (unpaired) electrons. The Hall–Kier alpha value is -1.13. The number of benzene rings is 1. The Labute approximate surface area is 102 Å². The largest absolute Gasteiger partial charge is 0.332 e. The van der Waals surface area contributed by atoms with E-state index < -0.39 is 43.0 Å². The molecule has 1 aromatic carbocycles. The lowest BCUT2D eigenvalue weighted by molar-refractivity contribution is 0.153. The summed E-state index contributed by atoms with van der Waals surface area (Å²) in [5.41, 5.74) is 0. The molecule has 0 aromatic heterocycles. The molecule has 0 aliphatic carbocycles. The van der Waals surface area contributed by atoms with E-state index in [1.54, 1.807) is 4.72 Å². The summed E-state index contributed by atoms with van der Waals surface area (Å²) in [6.45, 7) is -1.06. The molecule has 0 saturated heterocycles. The van der Waals surface area contributed by atoms with E-state index >= 15 is 0 Å². The van der Waals surface area contributed by atoms with Gasteiger partial charge < -0.3 is 0 Å². The highest BCUT2D eigenvalue weighted by molar-refractivity contribution is 7.89. The van der Waals surface area contributed by atoms with Crippen molar-refractivity contribution in [1.82, 2.24) is 4.72 Å². The summed E-state index contributed by atoms with van der Waals surface area (Å²) in [5, 5.41) is 0. The molecule has 0 heterocycles. The van der Waals surface area contributed by atoms with Crippen LogP contribution in [0.2, 0.25) is 0 Å². The molecule has 0 amide bonds. The fourth-order valence-corrected chi connectivity index (χ4v) is 2.51. The van der Waals surface area contributed by atoms with Gasteiger partial charge in [0, 0.05) is 0 Å². The van der Waals surface area contributed by atoms with E-state index in [0.29, 0.717) is 0 Å². The standard InChI is InChI=1S/C8H8F3NO4S2/c9-8(10)5-12-18(15,16)7-3-1-6(2-4-7)17(11,13)14/h1-4,8,12H,5H2. The fourth-order valence-electron chi connectivity index (χ4n) is 1.04. The van der Waals surface area contributed by atoms with E-state index in [0.717, 1.165) is 24.3 Å². The second kappa shape index (κ2) is 5.24. The van der Waals surface area contributed by atoms with E-state index in [9.17, 15) is 29.5 Å². The molecule has 0 aliphatic heterocycles. The van der Waals surface area contributed by atoms with Gasteiger partial charge in [-0.2, -0.15) is 8.42 Å². The molecule has 0 bridgehead atoms. The van der Waals surface area contributed by atoms with Crippen molar-refractivity contribution in [3.63, 3.8) is 0 Å². The van der Waals surface area contributed by atoms with Crippen LogP contribution < -0.4 is 4.72 Å². The summed E-state index contributed by atoms with van der Waals surface area (Å²) in [7, 11) is -9.09. The Balaban J connectivity index is 2.98. The molecular formula is C8H8F3NO4S2. The van der Waals surface area contributed by atoms with Crippen LogP contribution >= 0.6 is 0 Å². The second-order valence-corrected chi connectivity index (χ2v) is 6.27. The van der Waals surface area contributed by atoms with Crippen LogP contribution in [0.15, 0.2) is 34.1 Å². The molecule has 1 aromatic rings. The van der Waals surface area contributed by atoms with Crippen LogP contribution in [0.5, 0.6) is 0 Å². The number of alkyl halides is 2. The quantitative estimate of drug-likeness (QED) is 0.819. The first kappa shape index (κ1) is 14.9. The van der Waals surface area contributed by atoms with E-state index in [2.05, 4.69) is 0 Å². The zero-order valence-electron chi connectivity index (χ0n) is 8.68. The minimum Gasteiger partial charge on any atom is -0.209 e. The Morgan fingerprint density at radius 1 is 1.00 bits per heavy atom. The van der Waals surface area contributed by atoms with Crippen molar-refractivity contribution in [3.8, 4) is 0 Å². The summed E-state index contributed by atoms with van der Waals surface area (Å²) >= 11 is 0. The molecule has 1 N–H and O–H groups in total. The van der Waals surface area contributed by atoms with Gasteiger partial charge >= 0.3 is 10.2 Å². The Morgan fingerprint density at radius 2 is 1.44 bits per heavy atom. The van der Waals surface area contributed by atoms with Gasteiger partial charge in [-0.15, -0.1) is 3.89 Å². The van der Waals surface area contributed by atoms with Crippen molar-refractivity contribution in [1.29, 1.82) is 0 Å². The van der Waals surface area contributed by atoms with Gasteiger partial charge in [0.25, 0.3) is 6.43 Å². The van der Waals surface area contributed by atoms with Gasteiger partial charge in [-0.05, 0) is 24.3 Å². The highest BCUT2D eigenvalue weighted by Crippen LogP contribution is 2.16. The average Bonchev–Trinajstić information content (AvgIpc) is 2.26. The lowest BCUT2D eigenvalue weighted by Gasteiger charge is -2.06. The molecule has 18 heavy (non-hydrogen) atoms. The van der Waals surface area contributed by atoms with Crippen molar-refractivity contribution < 1.29 is 29.5 Å². The van der Waals surface area contributed by atoms with Gasteiger partial charge in [-0.25, -0.2) is 21.9 Å². The van der Waals surface area contributed by atoms with Crippen molar-refractivity contribution in [2.45, 2.75) is 16.2 Å². The molecule has 0 unspecified atom stereocenters. The summed E-state index contributed by atoms with van der Waals surface area (Å²) in [5.74, 6) is 0. The number of halogens is 3. The van der Waals surface area contributed by atoms with Crippen molar-refractivity contribution >= 4 is 20.2 Å². The number of nitrogens with one attached hydrogen (secondary N) is 1. The number of hydrogen-bond donors (Lipinski definition) is 1. The molecule has 0 fully saturated rings. The van der Waals surface area contributed by atoms with Gasteiger partial charge in [-0.1, -0.05) is 0 Å². The van der Waals surface area contributed by atoms with E-state index in [1.807, 2.05) is 0 Å². The van der Waals surface area contributed by atoms with E-state index in [4.69, 9.17) is 0 Å². The first-order chi connectivity index (χ1) is 8.13. The predicted molar refractivity (Wildman–Crippen MR) is 55.9 cm³/mol. The third-order valence-corrected chi connectivity index (χ3v) is 4.12. The van der Waals surface area contributed by atoms with Gasteiger partial charge in [-0.3, -0.25) is 0 Å². The summed E-state index contributed by atoms with van der Waals surface area (Å²) in [6, 6.07) is 3.07. The highest BCUT2D eigenvalue weighted by atomic mass is 32.3. The van der Waals surface area contributed by atoms with E-state index in [1.165, 1.54) is 0 Å². The molecule has 102 valence electrons. The highest BCUT2D eigenvalue weighted by Gasteiger charge is 2.18. The lowest BCUT2D eigenvalue weighted by Crippen LogP contribution is -2.28. The van der Waals surface area contributed by atoms with Crippen molar-refractivity contribution in [2.24, 2.45) is 0 Å². The predicted octanol–water partition coefficient (Wildman–Crippen LogP) is 0.888. The first-order valence-corrected chi connectivity index (χ1v) is 7.32. The molecule has 10 heteroatoms. The Morgan fingerprint density at radius 3 is 1.83 bits per heavy atom. The normalized spacial score (nSPS) is 12.9. The second-order valence-electron chi connectivity index (χ2n) is 3.15. The van der Waals surface area contributed by atoms with Crippen molar-refractivity contribution in [3.05, 3.63) is 24.3 Å². The molecule has 0 saturated carbocycles. The van der Waals surface area contributed by atoms with Gasteiger partial charge in [0.1, 0.15) is 0 Å². The number of hydrogen-bond acceptors (Lipinski definition) is 4. The van der Waals surface area contributed by atoms with Crippen LogP contribution in [0.25, 0.3) is 0 Å². The topological polar surface area (TPSA) is 80.3 Å². The third-order valence-electron chi connectivity index (χ3n) is 1.84. The maximum absolute atomic E-state index is 12.5. The third kappa shape index (κ3) is 3.96. The molecular weight excluding hydrogens is 295 g/mol. The summed E-state index contributed by atoms with van der Waals surface area (Å²) in [4.78, 5) is -1.15.